The largest absolute Gasteiger partial charge is 0.481 e. The molecule has 0 aliphatic heterocycles. The lowest BCUT2D eigenvalue weighted by Gasteiger charge is -2.10. The number of carboxylic acids is 2. The van der Waals surface area contributed by atoms with Gasteiger partial charge < -0.3 is 19.9 Å². The second-order valence-electron chi connectivity index (χ2n) is 3.32. The lowest BCUT2D eigenvalue weighted by atomic mass is 10.1. The summed E-state index contributed by atoms with van der Waals surface area (Å²) < 4.78 is 4.79. The fourth-order valence-electron chi connectivity index (χ4n) is 1.17. The van der Waals surface area contributed by atoms with Crippen LogP contribution in [-0.2, 0) is 9.59 Å². The Labute approximate surface area is 96.0 Å². The fourth-order valence-corrected chi connectivity index (χ4v) is 1.17. The monoisotopic (exact) mass is 241 g/mol. The Bertz CT molecular complexity index is 410. The average molecular weight is 241 g/mol. The first kappa shape index (κ1) is 12.8. The molecular formula is C10H11NO6. The molecule has 0 aliphatic rings. The van der Waals surface area contributed by atoms with Gasteiger partial charge in [-0.15, -0.1) is 0 Å². The van der Waals surface area contributed by atoms with Gasteiger partial charge in [-0.2, -0.15) is 0 Å². The van der Waals surface area contributed by atoms with E-state index < -0.39 is 30.2 Å². The third-order valence-electron chi connectivity index (χ3n) is 2.02. The van der Waals surface area contributed by atoms with Gasteiger partial charge in [-0.25, -0.2) is 0 Å². The first-order valence-corrected chi connectivity index (χ1v) is 4.77. The van der Waals surface area contributed by atoms with Crippen LogP contribution in [0.3, 0.4) is 0 Å². The number of carbonyl (C=O) groups excluding carboxylic acids is 1. The molecule has 1 heterocycles. The first-order chi connectivity index (χ1) is 8.00. The zero-order valence-electron chi connectivity index (χ0n) is 8.75. The van der Waals surface area contributed by atoms with Gasteiger partial charge in [-0.3, -0.25) is 14.4 Å². The Morgan fingerprint density at radius 3 is 2.53 bits per heavy atom. The van der Waals surface area contributed by atoms with Gasteiger partial charge in [-0.05, 0) is 12.1 Å². The van der Waals surface area contributed by atoms with Gasteiger partial charge in [-0.1, -0.05) is 0 Å². The Hall–Kier alpha value is -2.31. The van der Waals surface area contributed by atoms with E-state index in [1.165, 1.54) is 18.4 Å². The Morgan fingerprint density at radius 2 is 2.06 bits per heavy atom. The Morgan fingerprint density at radius 1 is 1.35 bits per heavy atom. The zero-order chi connectivity index (χ0) is 12.8. The van der Waals surface area contributed by atoms with Crippen LogP contribution in [-0.4, -0.2) is 34.6 Å². The number of furan rings is 1. The molecule has 0 saturated heterocycles. The van der Waals surface area contributed by atoms with Crippen molar-refractivity contribution >= 4 is 17.8 Å². The van der Waals surface area contributed by atoms with Crippen molar-refractivity contribution in [1.82, 2.24) is 5.32 Å². The van der Waals surface area contributed by atoms with E-state index in [0.717, 1.165) is 0 Å². The number of amides is 1. The van der Waals surface area contributed by atoms with Crippen molar-refractivity contribution in [2.75, 3.05) is 6.54 Å². The molecule has 1 rings (SSSR count). The topological polar surface area (TPSA) is 117 Å². The highest BCUT2D eigenvalue weighted by atomic mass is 16.4. The fraction of sp³-hybridized carbons (Fsp3) is 0.300. The van der Waals surface area contributed by atoms with E-state index in [2.05, 4.69) is 5.32 Å². The molecular weight excluding hydrogens is 230 g/mol. The molecule has 92 valence electrons. The maximum Gasteiger partial charge on any atom is 0.308 e. The van der Waals surface area contributed by atoms with E-state index in [4.69, 9.17) is 14.6 Å². The number of carbonyl (C=O) groups is 3. The predicted molar refractivity (Wildman–Crippen MR) is 54.4 cm³/mol. The normalized spacial score (nSPS) is 11.8. The summed E-state index contributed by atoms with van der Waals surface area (Å²) in [5, 5.41) is 19.5. The van der Waals surface area contributed by atoms with E-state index in [0.29, 0.717) is 0 Å². The summed E-state index contributed by atoms with van der Waals surface area (Å²) in [7, 11) is 0. The molecule has 1 amide bonds. The van der Waals surface area contributed by atoms with Gasteiger partial charge in [0, 0.05) is 6.54 Å². The SMILES string of the molecule is O=C(O)CC(CNC(=O)c1ccco1)C(=O)O. The van der Waals surface area contributed by atoms with Gasteiger partial charge in [0.05, 0.1) is 18.6 Å². The van der Waals surface area contributed by atoms with E-state index in [-0.39, 0.29) is 12.3 Å². The lowest BCUT2D eigenvalue weighted by molar-refractivity contribution is -0.148. The van der Waals surface area contributed by atoms with Crippen LogP contribution in [0.2, 0.25) is 0 Å². The highest BCUT2D eigenvalue weighted by Crippen LogP contribution is 2.04. The molecule has 3 N–H and O–H groups in total. The van der Waals surface area contributed by atoms with E-state index >= 15 is 0 Å². The molecule has 1 atom stereocenters. The number of nitrogens with one attached hydrogen (secondary N) is 1. The van der Waals surface area contributed by atoms with Crippen molar-refractivity contribution in [2.45, 2.75) is 6.42 Å². The highest BCUT2D eigenvalue weighted by molar-refractivity contribution is 5.91. The molecule has 0 spiro atoms. The highest BCUT2D eigenvalue weighted by Gasteiger charge is 2.22. The molecule has 1 aromatic heterocycles. The first-order valence-electron chi connectivity index (χ1n) is 4.77. The van der Waals surface area contributed by atoms with Gasteiger partial charge in [0.15, 0.2) is 5.76 Å². The quantitative estimate of drug-likeness (QED) is 0.654. The third-order valence-corrected chi connectivity index (χ3v) is 2.02. The molecule has 0 fully saturated rings. The second-order valence-corrected chi connectivity index (χ2v) is 3.32. The minimum absolute atomic E-state index is 0.0458. The van der Waals surface area contributed by atoms with Crippen molar-refractivity contribution in [3.05, 3.63) is 24.2 Å². The van der Waals surface area contributed by atoms with Crippen LogP contribution in [0.1, 0.15) is 17.0 Å². The molecule has 17 heavy (non-hydrogen) atoms. The summed E-state index contributed by atoms with van der Waals surface area (Å²) >= 11 is 0. The van der Waals surface area contributed by atoms with Gasteiger partial charge >= 0.3 is 11.9 Å². The number of rotatable bonds is 6. The standard InChI is InChI=1S/C10H11NO6/c12-8(13)4-6(10(15)16)5-11-9(14)7-2-1-3-17-7/h1-3,6H,4-5H2,(H,11,14)(H,12,13)(H,15,16). The minimum Gasteiger partial charge on any atom is -0.481 e. The van der Waals surface area contributed by atoms with Gasteiger partial charge in [0.1, 0.15) is 0 Å². The average Bonchev–Trinajstić information content (AvgIpc) is 2.76. The van der Waals surface area contributed by atoms with Crippen molar-refractivity contribution < 1.29 is 29.0 Å². The molecule has 0 aliphatic carbocycles. The van der Waals surface area contributed by atoms with Gasteiger partial charge in [0.25, 0.3) is 5.91 Å². The molecule has 7 nitrogen and oxygen atoms in total. The van der Waals surface area contributed by atoms with Crippen molar-refractivity contribution in [3.8, 4) is 0 Å². The smallest absolute Gasteiger partial charge is 0.308 e. The molecule has 1 unspecified atom stereocenters. The Balaban J connectivity index is 2.49. The number of hydrogen-bond donors (Lipinski definition) is 3. The predicted octanol–water partition coefficient (Wildman–Crippen LogP) is 0.185. The summed E-state index contributed by atoms with van der Waals surface area (Å²) in [6, 6.07) is 2.93. The van der Waals surface area contributed by atoms with Crippen LogP contribution in [0.4, 0.5) is 0 Å². The maximum absolute atomic E-state index is 11.4. The number of aliphatic carboxylic acids is 2. The van der Waals surface area contributed by atoms with Crippen LogP contribution in [0, 0.1) is 5.92 Å². The van der Waals surface area contributed by atoms with Crippen molar-refractivity contribution in [3.63, 3.8) is 0 Å². The molecule has 1 aromatic rings. The molecule has 0 radical (unpaired) electrons. The van der Waals surface area contributed by atoms with Crippen molar-refractivity contribution in [1.29, 1.82) is 0 Å². The summed E-state index contributed by atoms with van der Waals surface area (Å²) in [6.45, 7) is -0.263. The Kier molecular flexibility index (Phi) is 4.27. The van der Waals surface area contributed by atoms with Crippen LogP contribution in [0.5, 0.6) is 0 Å². The summed E-state index contributed by atoms with van der Waals surface area (Å²) in [6.07, 6.45) is 0.759. The third kappa shape index (κ3) is 3.98. The molecule has 0 aromatic carbocycles. The summed E-state index contributed by atoms with van der Waals surface area (Å²) in [5.41, 5.74) is 0. The summed E-state index contributed by atoms with van der Waals surface area (Å²) in [5.74, 6) is -4.20. The van der Waals surface area contributed by atoms with Crippen molar-refractivity contribution in [2.24, 2.45) is 5.92 Å². The lowest BCUT2D eigenvalue weighted by Crippen LogP contribution is -2.34. The molecule has 0 saturated carbocycles. The minimum atomic E-state index is -1.27. The van der Waals surface area contributed by atoms with Crippen LogP contribution in [0.15, 0.2) is 22.8 Å². The summed E-state index contributed by atoms with van der Waals surface area (Å²) in [4.78, 5) is 32.5. The molecule has 7 heteroatoms. The van der Waals surface area contributed by atoms with Crippen LogP contribution >= 0.6 is 0 Å². The van der Waals surface area contributed by atoms with Gasteiger partial charge in [0.2, 0.25) is 0 Å². The van der Waals surface area contributed by atoms with Crippen LogP contribution < -0.4 is 5.32 Å². The van der Waals surface area contributed by atoms with E-state index in [9.17, 15) is 14.4 Å². The van der Waals surface area contributed by atoms with E-state index in [1.54, 1.807) is 0 Å². The maximum atomic E-state index is 11.4. The number of hydrogen-bond acceptors (Lipinski definition) is 4. The second kappa shape index (κ2) is 5.69. The zero-order valence-corrected chi connectivity index (χ0v) is 8.75. The van der Waals surface area contributed by atoms with E-state index in [1.807, 2.05) is 0 Å². The van der Waals surface area contributed by atoms with Crippen LogP contribution in [0.25, 0.3) is 0 Å². The molecule has 0 bridgehead atoms. The number of carboxylic acid groups (broad SMARTS) is 2.